The van der Waals surface area contributed by atoms with Gasteiger partial charge in [0.2, 0.25) is 5.91 Å². The van der Waals surface area contributed by atoms with Crippen LogP contribution in [0.3, 0.4) is 0 Å². The molecule has 1 heterocycles. The van der Waals surface area contributed by atoms with Crippen LogP contribution in [0.5, 0.6) is 0 Å². The predicted molar refractivity (Wildman–Crippen MR) is 76.7 cm³/mol. The Morgan fingerprint density at radius 2 is 2.00 bits per heavy atom. The molecule has 0 aromatic carbocycles. The number of hydrogen-bond donors (Lipinski definition) is 0. The highest BCUT2D eigenvalue weighted by atomic mass is 16.2. The molecule has 1 atom stereocenters. The minimum Gasteiger partial charge on any atom is -0.345 e. The van der Waals surface area contributed by atoms with E-state index < -0.39 is 0 Å². The molecule has 0 aliphatic heterocycles. The van der Waals surface area contributed by atoms with E-state index in [4.69, 9.17) is 0 Å². The van der Waals surface area contributed by atoms with Crippen LogP contribution in [-0.2, 0) is 11.2 Å². The normalized spacial score (nSPS) is 17.4. The first-order valence-corrected chi connectivity index (χ1v) is 7.32. The number of carbonyl (C=O) groups is 1. The average molecular weight is 260 g/mol. The predicted octanol–water partition coefficient (Wildman–Crippen LogP) is 2.91. The van der Waals surface area contributed by atoms with Crippen molar-refractivity contribution in [1.29, 1.82) is 0 Å². The number of nitrogens with zero attached hydrogens (tertiary/aromatic N) is 2. The molecule has 1 saturated carbocycles. The van der Waals surface area contributed by atoms with Gasteiger partial charge in [0.25, 0.3) is 0 Å². The SMILES string of the molecule is CC(C(=O)N(C)CCc1ccncc1)C1CCCC1. The molecule has 0 saturated heterocycles. The monoisotopic (exact) mass is 260 g/mol. The maximum absolute atomic E-state index is 12.4. The lowest BCUT2D eigenvalue weighted by Crippen LogP contribution is -2.35. The minimum atomic E-state index is 0.185. The summed E-state index contributed by atoms with van der Waals surface area (Å²) in [6, 6.07) is 4.03. The maximum atomic E-state index is 12.4. The third-order valence-corrected chi connectivity index (χ3v) is 4.36. The smallest absolute Gasteiger partial charge is 0.225 e. The van der Waals surface area contributed by atoms with E-state index in [2.05, 4.69) is 11.9 Å². The molecule has 0 N–H and O–H groups in total. The second-order valence-electron chi connectivity index (χ2n) is 5.70. The van der Waals surface area contributed by atoms with Crippen molar-refractivity contribution < 1.29 is 4.79 Å². The van der Waals surface area contributed by atoms with Crippen molar-refractivity contribution in [2.24, 2.45) is 11.8 Å². The average Bonchev–Trinajstić information content (AvgIpc) is 2.98. The van der Waals surface area contributed by atoms with E-state index in [0.717, 1.165) is 13.0 Å². The Morgan fingerprint density at radius 1 is 1.37 bits per heavy atom. The molecular weight excluding hydrogens is 236 g/mol. The summed E-state index contributed by atoms with van der Waals surface area (Å²) in [6.07, 6.45) is 9.56. The summed E-state index contributed by atoms with van der Waals surface area (Å²) < 4.78 is 0. The van der Waals surface area contributed by atoms with E-state index in [1.807, 2.05) is 24.1 Å². The van der Waals surface area contributed by atoms with Gasteiger partial charge in [-0.1, -0.05) is 19.8 Å². The van der Waals surface area contributed by atoms with Gasteiger partial charge in [-0.05, 0) is 42.9 Å². The number of rotatable bonds is 5. The van der Waals surface area contributed by atoms with Crippen LogP contribution in [0.25, 0.3) is 0 Å². The topological polar surface area (TPSA) is 33.2 Å². The van der Waals surface area contributed by atoms with Crippen LogP contribution < -0.4 is 0 Å². The van der Waals surface area contributed by atoms with E-state index >= 15 is 0 Å². The second kappa shape index (κ2) is 6.69. The summed E-state index contributed by atoms with van der Waals surface area (Å²) in [5.41, 5.74) is 1.24. The number of aromatic nitrogens is 1. The molecule has 0 bridgehead atoms. The van der Waals surface area contributed by atoms with Crippen LogP contribution in [-0.4, -0.2) is 29.4 Å². The third kappa shape index (κ3) is 3.79. The fourth-order valence-electron chi connectivity index (χ4n) is 2.96. The van der Waals surface area contributed by atoms with Crippen molar-refractivity contribution in [3.05, 3.63) is 30.1 Å². The van der Waals surface area contributed by atoms with Gasteiger partial charge in [-0.15, -0.1) is 0 Å². The molecule has 3 heteroatoms. The lowest BCUT2D eigenvalue weighted by atomic mass is 9.91. The van der Waals surface area contributed by atoms with E-state index in [1.165, 1.54) is 31.2 Å². The molecule has 0 spiro atoms. The van der Waals surface area contributed by atoms with Crippen LogP contribution in [0.2, 0.25) is 0 Å². The Kier molecular flexibility index (Phi) is 4.94. The zero-order valence-corrected chi connectivity index (χ0v) is 12.0. The Bertz CT molecular complexity index is 398. The molecule has 1 unspecified atom stereocenters. The molecule has 1 fully saturated rings. The van der Waals surface area contributed by atoms with Crippen molar-refractivity contribution >= 4 is 5.91 Å². The minimum absolute atomic E-state index is 0.185. The van der Waals surface area contributed by atoms with Crippen molar-refractivity contribution in [2.75, 3.05) is 13.6 Å². The first-order valence-electron chi connectivity index (χ1n) is 7.32. The Hall–Kier alpha value is -1.38. The van der Waals surface area contributed by atoms with Crippen molar-refractivity contribution in [3.63, 3.8) is 0 Å². The molecule has 104 valence electrons. The largest absolute Gasteiger partial charge is 0.345 e. The Labute approximate surface area is 116 Å². The van der Waals surface area contributed by atoms with E-state index in [1.54, 1.807) is 12.4 Å². The van der Waals surface area contributed by atoms with Gasteiger partial charge in [0.1, 0.15) is 0 Å². The van der Waals surface area contributed by atoms with Gasteiger partial charge in [-0.2, -0.15) is 0 Å². The molecule has 19 heavy (non-hydrogen) atoms. The van der Waals surface area contributed by atoms with Gasteiger partial charge in [0.15, 0.2) is 0 Å². The van der Waals surface area contributed by atoms with E-state index in [0.29, 0.717) is 11.8 Å². The van der Waals surface area contributed by atoms with Gasteiger partial charge >= 0.3 is 0 Å². The van der Waals surface area contributed by atoms with Crippen molar-refractivity contribution in [1.82, 2.24) is 9.88 Å². The van der Waals surface area contributed by atoms with Crippen molar-refractivity contribution in [2.45, 2.75) is 39.0 Å². The molecule has 2 rings (SSSR count). The summed E-state index contributed by atoms with van der Waals surface area (Å²) >= 11 is 0. The summed E-state index contributed by atoms with van der Waals surface area (Å²) in [7, 11) is 1.93. The van der Waals surface area contributed by atoms with Gasteiger partial charge in [-0.3, -0.25) is 9.78 Å². The van der Waals surface area contributed by atoms with Crippen LogP contribution in [0, 0.1) is 11.8 Å². The van der Waals surface area contributed by atoms with Crippen LogP contribution in [0.4, 0.5) is 0 Å². The molecule has 1 aromatic rings. The van der Waals surface area contributed by atoms with Crippen LogP contribution in [0.15, 0.2) is 24.5 Å². The zero-order chi connectivity index (χ0) is 13.7. The summed E-state index contributed by atoms with van der Waals surface area (Å²) in [4.78, 5) is 18.3. The number of amides is 1. The highest BCUT2D eigenvalue weighted by molar-refractivity contribution is 5.78. The molecule has 0 radical (unpaired) electrons. The van der Waals surface area contributed by atoms with E-state index in [-0.39, 0.29) is 5.92 Å². The lowest BCUT2D eigenvalue weighted by molar-refractivity contribution is -0.135. The van der Waals surface area contributed by atoms with Gasteiger partial charge in [-0.25, -0.2) is 0 Å². The quantitative estimate of drug-likeness (QED) is 0.815. The fourth-order valence-corrected chi connectivity index (χ4v) is 2.96. The highest BCUT2D eigenvalue weighted by Crippen LogP contribution is 2.31. The first kappa shape index (κ1) is 14.0. The first-order chi connectivity index (χ1) is 9.18. The van der Waals surface area contributed by atoms with Crippen molar-refractivity contribution in [3.8, 4) is 0 Å². The number of pyridine rings is 1. The summed E-state index contributed by atoms with van der Waals surface area (Å²) in [5.74, 6) is 1.10. The van der Waals surface area contributed by atoms with Gasteiger partial charge in [0, 0.05) is 31.9 Å². The molecule has 1 aliphatic carbocycles. The lowest BCUT2D eigenvalue weighted by Gasteiger charge is -2.25. The van der Waals surface area contributed by atoms with Gasteiger partial charge in [0.05, 0.1) is 0 Å². The summed E-state index contributed by atoms with van der Waals surface area (Å²) in [6.45, 7) is 2.89. The molecule has 1 aliphatic rings. The number of carbonyl (C=O) groups excluding carboxylic acids is 1. The molecule has 1 aromatic heterocycles. The summed E-state index contributed by atoms with van der Waals surface area (Å²) in [5, 5.41) is 0. The number of hydrogen-bond acceptors (Lipinski definition) is 2. The van der Waals surface area contributed by atoms with E-state index in [9.17, 15) is 4.79 Å². The van der Waals surface area contributed by atoms with Crippen LogP contribution >= 0.6 is 0 Å². The number of likely N-dealkylation sites (N-methyl/N-ethyl adjacent to an activating group) is 1. The molecule has 3 nitrogen and oxygen atoms in total. The zero-order valence-electron chi connectivity index (χ0n) is 12.0. The Morgan fingerprint density at radius 3 is 2.63 bits per heavy atom. The third-order valence-electron chi connectivity index (χ3n) is 4.36. The Balaban J connectivity index is 1.81. The second-order valence-corrected chi connectivity index (χ2v) is 5.70. The molecule has 1 amide bonds. The van der Waals surface area contributed by atoms with Crippen LogP contribution in [0.1, 0.15) is 38.2 Å². The fraction of sp³-hybridized carbons (Fsp3) is 0.625. The standard InChI is InChI=1S/C16H24N2O/c1-13(15-5-3-4-6-15)16(19)18(2)12-9-14-7-10-17-11-8-14/h7-8,10-11,13,15H,3-6,9,12H2,1-2H3. The maximum Gasteiger partial charge on any atom is 0.225 e. The van der Waals surface area contributed by atoms with Gasteiger partial charge < -0.3 is 4.90 Å². The highest BCUT2D eigenvalue weighted by Gasteiger charge is 2.28. The molecular formula is C16H24N2O.